The number of hydrogen-bond acceptors (Lipinski definition) is 4. The summed E-state index contributed by atoms with van der Waals surface area (Å²) in [6.07, 6.45) is -0.181. The van der Waals surface area contributed by atoms with Gasteiger partial charge in [-0.3, -0.25) is 4.18 Å². The Morgan fingerprint density at radius 3 is 2.48 bits per heavy atom. The molecule has 1 aliphatic carbocycles. The standard InChI is InChI=1S/C18H21F3N2O3S/c1-11(2)23-9-16(18(19,20)21)22-17(23)15-8-7-12(10-26-27(3,24)25)13-5-4-6-14(13)15/h7-9,11H,4-6,10H2,1-3H3. The number of benzene rings is 1. The first-order chi connectivity index (χ1) is 12.5. The lowest BCUT2D eigenvalue weighted by atomic mass is 9.98. The second-order valence-corrected chi connectivity index (χ2v) is 8.64. The molecule has 3 rings (SSSR count). The predicted octanol–water partition coefficient (Wildman–Crippen LogP) is 4.11. The van der Waals surface area contributed by atoms with Gasteiger partial charge in [0.25, 0.3) is 10.1 Å². The average molecular weight is 402 g/mol. The summed E-state index contributed by atoms with van der Waals surface area (Å²) >= 11 is 0. The van der Waals surface area contributed by atoms with Crippen molar-refractivity contribution in [3.8, 4) is 11.4 Å². The second-order valence-electron chi connectivity index (χ2n) is 7.00. The van der Waals surface area contributed by atoms with Crippen molar-refractivity contribution in [2.24, 2.45) is 0 Å². The van der Waals surface area contributed by atoms with Crippen molar-refractivity contribution < 1.29 is 25.8 Å². The van der Waals surface area contributed by atoms with Gasteiger partial charge in [0.15, 0.2) is 5.69 Å². The Labute approximate surface area is 156 Å². The minimum absolute atomic E-state index is 0.0755. The topological polar surface area (TPSA) is 61.2 Å². The summed E-state index contributed by atoms with van der Waals surface area (Å²) < 4.78 is 68.4. The van der Waals surface area contributed by atoms with E-state index in [-0.39, 0.29) is 18.5 Å². The number of fused-ring (bicyclic) bond motifs is 1. The molecular formula is C18H21F3N2O3S. The molecule has 148 valence electrons. The number of rotatable bonds is 5. The van der Waals surface area contributed by atoms with Crippen LogP contribution < -0.4 is 0 Å². The summed E-state index contributed by atoms with van der Waals surface area (Å²) in [4.78, 5) is 3.88. The average Bonchev–Trinajstić information content (AvgIpc) is 3.18. The summed E-state index contributed by atoms with van der Waals surface area (Å²) in [6, 6.07) is 3.25. The zero-order chi connectivity index (χ0) is 20.0. The zero-order valence-corrected chi connectivity index (χ0v) is 16.1. The number of hydrogen-bond donors (Lipinski definition) is 0. The number of halogens is 3. The fourth-order valence-electron chi connectivity index (χ4n) is 3.42. The normalized spacial score (nSPS) is 14.8. The summed E-state index contributed by atoms with van der Waals surface area (Å²) in [7, 11) is -3.57. The highest BCUT2D eigenvalue weighted by atomic mass is 32.2. The highest BCUT2D eigenvalue weighted by Gasteiger charge is 2.36. The highest BCUT2D eigenvalue weighted by molar-refractivity contribution is 7.85. The maximum atomic E-state index is 13.2. The van der Waals surface area contributed by atoms with E-state index in [0.717, 1.165) is 42.0 Å². The second kappa shape index (κ2) is 6.94. The van der Waals surface area contributed by atoms with Gasteiger partial charge in [-0.1, -0.05) is 12.1 Å². The van der Waals surface area contributed by atoms with Gasteiger partial charge in [-0.2, -0.15) is 21.6 Å². The van der Waals surface area contributed by atoms with Crippen LogP contribution in [0.2, 0.25) is 0 Å². The third kappa shape index (κ3) is 4.19. The van der Waals surface area contributed by atoms with Gasteiger partial charge in [0.05, 0.1) is 12.9 Å². The van der Waals surface area contributed by atoms with Crippen LogP contribution in [0.5, 0.6) is 0 Å². The van der Waals surface area contributed by atoms with Crippen molar-refractivity contribution >= 4 is 10.1 Å². The van der Waals surface area contributed by atoms with Crippen molar-refractivity contribution in [3.05, 3.63) is 40.7 Å². The van der Waals surface area contributed by atoms with Crippen molar-refractivity contribution in [1.82, 2.24) is 9.55 Å². The van der Waals surface area contributed by atoms with Crippen molar-refractivity contribution in [2.45, 2.75) is 51.9 Å². The SMILES string of the molecule is CC(C)n1cc(C(F)(F)F)nc1-c1ccc(COS(C)(=O)=O)c2c1CCC2. The van der Waals surface area contributed by atoms with Crippen molar-refractivity contribution in [3.63, 3.8) is 0 Å². The van der Waals surface area contributed by atoms with Gasteiger partial charge in [-0.15, -0.1) is 0 Å². The van der Waals surface area contributed by atoms with Gasteiger partial charge in [0.1, 0.15) is 5.82 Å². The minimum Gasteiger partial charge on any atom is -0.328 e. The molecule has 27 heavy (non-hydrogen) atoms. The predicted molar refractivity (Wildman–Crippen MR) is 94.7 cm³/mol. The summed E-state index contributed by atoms with van der Waals surface area (Å²) in [5, 5.41) is 0. The van der Waals surface area contributed by atoms with E-state index < -0.39 is 22.0 Å². The molecule has 0 fully saturated rings. The summed E-state index contributed by atoms with van der Waals surface area (Å²) in [6.45, 7) is 3.54. The molecule has 1 heterocycles. The lowest BCUT2D eigenvalue weighted by Gasteiger charge is -2.16. The van der Waals surface area contributed by atoms with Crippen molar-refractivity contribution in [2.75, 3.05) is 6.26 Å². The third-order valence-electron chi connectivity index (χ3n) is 4.63. The Balaban J connectivity index is 2.09. The molecule has 0 unspecified atom stereocenters. The van der Waals surface area contributed by atoms with Crippen LogP contribution in [0.15, 0.2) is 18.3 Å². The molecule has 1 aliphatic rings. The Hall–Kier alpha value is -1.87. The van der Waals surface area contributed by atoms with Gasteiger partial charge in [0.2, 0.25) is 0 Å². The lowest BCUT2D eigenvalue weighted by molar-refractivity contribution is -0.140. The summed E-state index contributed by atoms with van der Waals surface area (Å²) in [5.74, 6) is 0.283. The molecule has 1 aromatic carbocycles. The van der Waals surface area contributed by atoms with Crippen LogP contribution >= 0.6 is 0 Å². The smallest absolute Gasteiger partial charge is 0.328 e. The van der Waals surface area contributed by atoms with Gasteiger partial charge in [0, 0.05) is 17.8 Å². The van der Waals surface area contributed by atoms with E-state index in [1.165, 1.54) is 4.57 Å². The first kappa shape index (κ1) is 19.9. The molecule has 5 nitrogen and oxygen atoms in total. The maximum absolute atomic E-state index is 13.2. The fourth-order valence-corrected chi connectivity index (χ4v) is 3.76. The Morgan fingerprint density at radius 2 is 1.89 bits per heavy atom. The third-order valence-corrected chi connectivity index (χ3v) is 5.18. The quantitative estimate of drug-likeness (QED) is 0.706. The molecule has 0 aliphatic heterocycles. The van der Waals surface area contributed by atoms with Crippen LogP contribution in [0.1, 0.15) is 48.7 Å². The van der Waals surface area contributed by atoms with Crippen LogP contribution in [0.3, 0.4) is 0 Å². The molecule has 0 saturated carbocycles. The van der Waals surface area contributed by atoms with E-state index >= 15 is 0 Å². The number of aromatic nitrogens is 2. The van der Waals surface area contributed by atoms with Crippen LogP contribution in [0, 0.1) is 0 Å². The Morgan fingerprint density at radius 1 is 1.22 bits per heavy atom. The minimum atomic E-state index is -4.51. The van der Waals surface area contributed by atoms with Crippen LogP contribution in [-0.2, 0) is 39.9 Å². The monoisotopic (exact) mass is 402 g/mol. The van der Waals surface area contributed by atoms with Gasteiger partial charge in [-0.05, 0) is 49.8 Å². The van der Waals surface area contributed by atoms with Gasteiger partial charge < -0.3 is 4.57 Å². The first-order valence-corrected chi connectivity index (χ1v) is 10.4. The highest BCUT2D eigenvalue weighted by Crippen LogP contribution is 2.38. The number of alkyl halides is 3. The lowest BCUT2D eigenvalue weighted by Crippen LogP contribution is -2.07. The molecule has 0 bridgehead atoms. The molecule has 9 heteroatoms. The van der Waals surface area contributed by atoms with Crippen LogP contribution in [0.25, 0.3) is 11.4 Å². The van der Waals surface area contributed by atoms with E-state index in [2.05, 4.69) is 4.98 Å². The molecule has 0 atom stereocenters. The maximum Gasteiger partial charge on any atom is 0.434 e. The molecule has 0 saturated heterocycles. The largest absolute Gasteiger partial charge is 0.434 e. The van der Waals surface area contributed by atoms with Crippen molar-refractivity contribution in [1.29, 1.82) is 0 Å². The van der Waals surface area contributed by atoms with Gasteiger partial charge >= 0.3 is 6.18 Å². The van der Waals surface area contributed by atoms with Crippen LogP contribution in [-0.4, -0.2) is 24.2 Å². The molecule has 0 amide bonds. The van der Waals surface area contributed by atoms with Crippen LogP contribution in [0.4, 0.5) is 13.2 Å². The van der Waals surface area contributed by atoms with E-state index in [4.69, 9.17) is 4.18 Å². The summed E-state index contributed by atoms with van der Waals surface area (Å²) in [5.41, 5.74) is 2.36. The molecule has 0 radical (unpaired) electrons. The Kier molecular flexibility index (Phi) is 5.11. The van der Waals surface area contributed by atoms with Gasteiger partial charge in [-0.25, -0.2) is 4.98 Å². The van der Waals surface area contributed by atoms with E-state index in [9.17, 15) is 21.6 Å². The molecular weight excluding hydrogens is 381 g/mol. The Bertz CT molecular complexity index is 963. The molecule has 2 aromatic rings. The van der Waals surface area contributed by atoms with E-state index in [1.54, 1.807) is 26.0 Å². The molecule has 0 spiro atoms. The number of nitrogens with zero attached hydrogens (tertiary/aromatic N) is 2. The number of imidazole rings is 1. The molecule has 0 N–H and O–H groups in total. The van der Waals surface area contributed by atoms with E-state index in [0.29, 0.717) is 12.0 Å². The molecule has 1 aromatic heterocycles. The fraction of sp³-hybridized carbons (Fsp3) is 0.500. The zero-order valence-electron chi connectivity index (χ0n) is 15.3. The first-order valence-electron chi connectivity index (χ1n) is 8.62. The van der Waals surface area contributed by atoms with E-state index in [1.807, 2.05) is 0 Å².